The molecule has 78 valence electrons. The van der Waals surface area contributed by atoms with Gasteiger partial charge in [-0.3, -0.25) is 0 Å². The molecule has 1 aromatic carbocycles. The van der Waals surface area contributed by atoms with Crippen molar-refractivity contribution < 1.29 is 4.21 Å². The van der Waals surface area contributed by atoms with E-state index >= 15 is 0 Å². The summed E-state index contributed by atoms with van der Waals surface area (Å²) in [7, 11) is 0.540. The van der Waals surface area contributed by atoms with Gasteiger partial charge in [0.2, 0.25) is 0 Å². The van der Waals surface area contributed by atoms with E-state index in [0.717, 1.165) is 10.5 Å². The van der Waals surface area contributed by atoms with Crippen molar-refractivity contribution in [2.75, 3.05) is 7.05 Å². The third-order valence-corrected chi connectivity index (χ3v) is 2.67. The lowest BCUT2D eigenvalue weighted by atomic mass is 10.2. The van der Waals surface area contributed by atoms with E-state index in [9.17, 15) is 4.21 Å². The molecule has 0 fully saturated rings. The van der Waals surface area contributed by atoms with Gasteiger partial charge in [0.1, 0.15) is 11.0 Å². The first-order valence-electron chi connectivity index (χ1n) is 4.60. The van der Waals surface area contributed by atoms with E-state index < -0.39 is 11.0 Å². The minimum Gasteiger partial charge on any atom is -0.237 e. The molecule has 0 radical (unpaired) electrons. The molecule has 1 rings (SSSR count). The Morgan fingerprint density at radius 3 is 2.43 bits per heavy atom. The van der Waals surface area contributed by atoms with Crippen molar-refractivity contribution in [1.29, 1.82) is 0 Å². The number of rotatable bonds is 3. The molecule has 0 saturated heterocycles. The number of nitrogens with one attached hydrogen (secondary N) is 1. The second kappa shape index (κ2) is 7.47. The van der Waals surface area contributed by atoms with E-state index in [1.165, 1.54) is 0 Å². The van der Waals surface area contributed by atoms with Crippen LogP contribution in [-0.2, 0) is 11.0 Å². The summed E-state index contributed by atoms with van der Waals surface area (Å²) in [6.07, 6.45) is 1.70. The Labute approximate surface area is 88.6 Å². The van der Waals surface area contributed by atoms with Gasteiger partial charge in [0, 0.05) is 0 Å². The summed E-state index contributed by atoms with van der Waals surface area (Å²) < 4.78 is 14.0. The topological polar surface area (TPSA) is 29.1 Å². The third-order valence-electron chi connectivity index (χ3n) is 1.52. The molecule has 0 heterocycles. The molecule has 1 aromatic rings. The molecule has 0 aliphatic heterocycles. The van der Waals surface area contributed by atoms with Crippen molar-refractivity contribution in [3.8, 4) is 0 Å². The van der Waals surface area contributed by atoms with Crippen LogP contribution in [0.25, 0.3) is 6.08 Å². The Morgan fingerprint density at radius 1 is 1.36 bits per heavy atom. The maximum atomic E-state index is 11.3. The molecule has 0 aliphatic carbocycles. The normalized spacial score (nSPS) is 11.1. The van der Waals surface area contributed by atoms with Gasteiger partial charge in [-0.05, 0) is 18.7 Å². The van der Waals surface area contributed by atoms with Gasteiger partial charge in [-0.2, -0.15) is 0 Å². The van der Waals surface area contributed by atoms with Gasteiger partial charge in [-0.15, -0.1) is 0 Å². The van der Waals surface area contributed by atoms with Crippen LogP contribution in [0.3, 0.4) is 0 Å². The van der Waals surface area contributed by atoms with Gasteiger partial charge in [0.15, 0.2) is 0 Å². The predicted molar refractivity (Wildman–Crippen MR) is 63.3 cm³/mol. The molecule has 0 spiro atoms. The first kappa shape index (κ1) is 13.1. The lowest BCUT2D eigenvalue weighted by Crippen LogP contribution is -2.11. The average Bonchev–Trinajstić information content (AvgIpc) is 2.30. The summed E-state index contributed by atoms with van der Waals surface area (Å²) >= 11 is 0. The summed E-state index contributed by atoms with van der Waals surface area (Å²) in [5.74, 6) is 0. The zero-order valence-corrected chi connectivity index (χ0v) is 9.73. The highest BCUT2D eigenvalue weighted by molar-refractivity contribution is 7.83. The quantitative estimate of drug-likeness (QED) is 0.818. The van der Waals surface area contributed by atoms with Crippen molar-refractivity contribution in [2.24, 2.45) is 0 Å². The zero-order chi connectivity index (χ0) is 11.0. The number of hydrogen-bond donors (Lipinski definition) is 1. The summed E-state index contributed by atoms with van der Waals surface area (Å²) in [4.78, 5) is 0.773. The second-order valence-corrected chi connectivity index (χ2v) is 3.60. The van der Waals surface area contributed by atoms with E-state index in [1.54, 1.807) is 13.1 Å². The van der Waals surface area contributed by atoms with Crippen LogP contribution in [0.1, 0.15) is 19.4 Å². The lowest BCUT2D eigenvalue weighted by Gasteiger charge is -2.02. The molecule has 1 atom stereocenters. The average molecular weight is 211 g/mol. The molecule has 14 heavy (non-hydrogen) atoms. The third kappa shape index (κ3) is 3.44. The number of hydrogen-bond acceptors (Lipinski definition) is 1. The Morgan fingerprint density at radius 2 is 1.93 bits per heavy atom. The SMILES string of the molecule is C=Cc1ccccc1S(=O)NC.CC. The van der Waals surface area contributed by atoms with Crippen LogP contribution in [0, 0.1) is 0 Å². The van der Waals surface area contributed by atoms with Crippen molar-refractivity contribution in [2.45, 2.75) is 18.7 Å². The van der Waals surface area contributed by atoms with Crippen LogP contribution < -0.4 is 4.72 Å². The van der Waals surface area contributed by atoms with Crippen LogP contribution >= 0.6 is 0 Å². The highest BCUT2D eigenvalue weighted by atomic mass is 32.2. The molecule has 1 N–H and O–H groups in total. The summed E-state index contributed by atoms with van der Waals surface area (Å²) in [6.45, 7) is 7.65. The maximum Gasteiger partial charge on any atom is 0.125 e. The Hall–Kier alpha value is -0.930. The molecule has 0 amide bonds. The molecule has 0 saturated carbocycles. The smallest absolute Gasteiger partial charge is 0.125 e. The first-order chi connectivity index (χ1) is 6.79. The molecule has 2 nitrogen and oxygen atoms in total. The molecular formula is C11H17NOS. The van der Waals surface area contributed by atoms with Crippen molar-refractivity contribution in [3.63, 3.8) is 0 Å². The van der Waals surface area contributed by atoms with Gasteiger partial charge >= 0.3 is 0 Å². The summed E-state index contributed by atoms with van der Waals surface area (Å²) in [5.41, 5.74) is 0.908. The predicted octanol–water partition coefficient (Wildman–Crippen LogP) is 2.60. The highest BCUT2D eigenvalue weighted by Crippen LogP contribution is 2.12. The van der Waals surface area contributed by atoms with Crippen LogP contribution in [-0.4, -0.2) is 11.3 Å². The Balaban J connectivity index is 0.000000791. The van der Waals surface area contributed by atoms with E-state index in [-0.39, 0.29) is 0 Å². The van der Waals surface area contributed by atoms with E-state index in [2.05, 4.69) is 11.3 Å². The van der Waals surface area contributed by atoms with Crippen LogP contribution in [0.15, 0.2) is 35.7 Å². The van der Waals surface area contributed by atoms with Crippen LogP contribution in [0.4, 0.5) is 0 Å². The van der Waals surface area contributed by atoms with Crippen molar-refractivity contribution in [3.05, 3.63) is 36.4 Å². The molecular weight excluding hydrogens is 194 g/mol. The Bertz CT molecular complexity index is 310. The summed E-state index contributed by atoms with van der Waals surface area (Å²) in [6, 6.07) is 7.46. The largest absolute Gasteiger partial charge is 0.237 e. The molecule has 0 bridgehead atoms. The fourth-order valence-corrected chi connectivity index (χ4v) is 1.72. The molecule has 0 aliphatic rings. The fraction of sp³-hybridized carbons (Fsp3) is 0.273. The van der Waals surface area contributed by atoms with E-state index in [0.29, 0.717) is 0 Å². The zero-order valence-electron chi connectivity index (χ0n) is 8.91. The molecule has 0 aromatic heterocycles. The molecule has 1 unspecified atom stereocenters. The van der Waals surface area contributed by atoms with Gasteiger partial charge in [0.25, 0.3) is 0 Å². The van der Waals surface area contributed by atoms with Gasteiger partial charge in [-0.25, -0.2) is 8.93 Å². The number of benzene rings is 1. The van der Waals surface area contributed by atoms with E-state index in [1.807, 2.05) is 38.1 Å². The van der Waals surface area contributed by atoms with Crippen molar-refractivity contribution in [1.82, 2.24) is 4.72 Å². The standard InChI is InChI=1S/C9H11NOS.C2H6/c1-3-8-6-4-5-7-9(8)12(11)10-2;1-2/h3-7,10H,1H2,2H3;1-2H3. The maximum absolute atomic E-state index is 11.3. The highest BCUT2D eigenvalue weighted by Gasteiger charge is 2.03. The molecule has 3 heteroatoms. The summed E-state index contributed by atoms with van der Waals surface area (Å²) in [5, 5.41) is 0. The van der Waals surface area contributed by atoms with Crippen LogP contribution in [0.2, 0.25) is 0 Å². The fourth-order valence-electron chi connectivity index (χ4n) is 0.928. The monoisotopic (exact) mass is 211 g/mol. The van der Waals surface area contributed by atoms with Crippen LogP contribution in [0.5, 0.6) is 0 Å². The van der Waals surface area contributed by atoms with Gasteiger partial charge in [0.05, 0.1) is 4.90 Å². The minimum atomic E-state index is -1.12. The Kier molecular flexibility index (Phi) is 6.98. The van der Waals surface area contributed by atoms with E-state index in [4.69, 9.17) is 0 Å². The van der Waals surface area contributed by atoms with Crippen molar-refractivity contribution >= 4 is 17.1 Å². The lowest BCUT2D eigenvalue weighted by molar-refractivity contribution is 0.678. The minimum absolute atomic E-state index is 0.773. The first-order valence-corrected chi connectivity index (χ1v) is 5.75. The van der Waals surface area contributed by atoms with Gasteiger partial charge in [-0.1, -0.05) is 44.7 Å². The second-order valence-electron chi connectivity index (χ2n) is 2.21. The van der Waals surface area contributed by atoms with Gasteiger partial charge < -0.3 is 0 Å².